The van der Waals surface area contributed by atoms with Crippen LogP contribution in [-0.2, 0) is 13.1 Å². The molecule has 6 heteroatoms. The van der Waals surface area contributed by atoms with Crippen molar-refractivity contribution in [2.45, 2.75) is 13.1 Å². The largest absolute Gasteiger partial charge is 0.325 e. The van der Waals surface area contributed by atoms with E-state index in [2.05, 4.69) is 38.0 Å². The van der Waals surface area contributed by atoms with Crippen LogP contribution in [0, 0.1) is 0 Å². The highest BCUT2D eigenvalue weighted by molar-refractivity contribution is 9.10. The standard InChI is InChI=1S/C23H20BrN5/c24-17-9-7-15(8-10-17)16-11-22(20-5-1-3-18(13-25)27-20)29-23(12-16)21-6-2-4-19(14-26)28-21/h1-12H,13-14,25-26H2. The van der Waals surface area contributed by atoms with Gasteiger partial charge < -0.3 is 11.5 Å². The highest BCUT2D eigenvalue weighted by Gasteiger charge is 2.11. The Morgan fingerprint density at radius 3 is 1.59 bits per heavy atom. The summed E-state index contributed by atoms with van der Waals surface area (Å²) in [6.45, 7) is 0.764. The molecule has 0 aliphatic rings. The second-order valence-corrected chi connectivity index (χ2v) is 7.49. The summed E-state index contributed by atoms with van der Waals surface area (Å²) in [5.74, 6) is 0. The monoisotopic (exact) mass is 445 g/mol. The van der Waals surface area contributed by atoms with E-state index in [-0.39, 0.29) is 0 Å². The Morgan fingerprint density at radius 2 is 1.10 bits per heavy atom. The number of benzene rings is 1. The Hall–Kier alpha value is -2.93. The van der Waals surface area contributed by atoms with Gasteiger partial charge in [0.2, 0.25) is 0 Å². The number of pyridine rings is 3. The first-order chi connectivity index (χ1) is 14.2. The zero-order valence-electron chi connectivity index (χ0n) is 15.7. The third-order valence-electron chi connectivity index (χ3n) is 4.56. The molecule has 0 radical (unpaired) electrons. The zero-order chi connectivity index (χ0) is 20.2. The first kappa shape index (κ1) is 19.4. The topological polar surface area (TPSA) is 90.7 Å². The van der Waals surface area contributed by atoms with Gasteiger partial charge in [-0.05, 0) is 59.7 Å². The van der Waals surface area contributed by atoms with Crippen LogP contribution in [0.25, 0.3) is 33.9 Å². The number of hydrogen-bond donors (Lipinski definition) is 2. The second kappa shape index (κ2) is 8.61. The van der Waals surface area contributed by atoms with Crippen molar-refractivity contribution in [3.63, 3.8) is 0 Å². The van der Waals surface area contributed by atoms with Crippen LogP contribution in [-0.4, -0.2) is 15.0 Å². The van der Waals surface area contributed by atoms with Crippen molar-refractivity contribution in [2.24, 2.45) is 11.5 Å². The summed E-state index contributed by atoms with van der Waals surface area (Å²) in [5, 5.41) is 0. The molecule has 0 unspecified atom stereocenters. The van der Waals surface area contributed by atoms with Gasteiger partial charge in [-0.25, -0.2) is 15.0 Å². The van der Waals surface area contributed by atoms with Crippen molar-refractivity contribution < 1.29 is 0 Å². The van der Waals surface area contributed by atoms with E-state index in [1.54, 1.807) is 0 Å². The SMILES string of the molecule is NCc1cccc(-c2cc(-c3ccc(Br)cc3)cc(-c3cccc(CN)n3)n2)n1. The first-order valence-corrected chi connectivity index (χ1v) is 10.1. The van der Waals surface area contributed by atoms with Crippen molar-refractivity contribution in [3.05, 3.63) is 88.7 Å². The fourth-order valence-electron chi connectivity index (χ4n) is 3.07. The molecule has 3 heterocycles. The third-order valence-corrected chi connectivity index (χ3v) is 5.09. The molecule has 4 rings (SSSR count). The van der Waals surface area contributed by atoms with E-state index in [0.717, 1.165) is 49.8 Å². The van der Waals surface area contributed by atoms with E-state index < -0.39 is 0 Å². The lowest BCUT2D eigenvalue weighted by Crippen LogP contribution is -2.02. The van der Waals surface area contributed by atoms with Crippen molar-refractivity contribution in [2.75, 3.05) is 0 Å². The normalized spacial score (nSPS) is 10.9. The molecule has 1 aromatic carbocycles. The molecule has 0 spiro atoms. The Bertz CT molecular complexity index is 1080. The summed E-state index contributed by atoms with van der Waals surface area (Å²) < 4.78 is 1.03. The van der Waals surface area contributed by atoms with Crippen LogP contribution in [0.3, 0.4) is 0 Å². The molecule has 4 N–H and O–H groups in total. The van der Waals surface area contributed by atoms with Crippen LogP contribution in [0.2, 0.25) is 0 Å². The van der Waals surface area contributed by atoms with Crippen LogP contribution in [0.15, 0.2) is 77.3 Å². The number of nitrogens with zero attached hydrogens (tertiary/aromatic N) is 3. The second-order valence-electron chi connectivity index (χ2n) is 6.57. The van der Waals surface area contributed by atoms with Gasteiger partial charge in [-0.15, -0.1) is 0 Å². The lowest BCUT2D eigenvalue weighted by atomic mass is 10.0. The van der Waals surface area contributed by atoms with Gasteiger partial charge >= 0.3 is 0 Å². The molecule has 5 nitrogen and oxygen atoms in total. The minimum absolute atomic E-state index is 0.382. The summed E-state index contributed by atoms with van der Waals surface area (Å²) in [7, 11) is 0. The molecule has 0 amide bonds. The van der Waals surface area contributed by atoms with E-state index in [1.807, 2.05) is 60.7 Å². The zero-order valence-corrected chi connectivity index (χ0v) is 17.3. The van der Waals surface area contributed by atoms with Gasteiger partial charge in [0.15, 0.2) is 0 Å². The quantitative estimate of drug-likeness (QED) is 0.469. The Kier molecular flexibility index (Phi) is 5.76. The predicted molar refractivity (Wildman–Crippen MR) is 120 cm³/mol. The molecule has 0 saturated heterocycles. The van der Waals surface area contributed by atoms with Gasteiger partial charge in [-0.2, -0.15) is 0 Å². The van der Waals surface area contributed by atoms with Crippen LogP contribution >= 0.6 is 15.9 Å². The number of nitrogens with two attached hydrogens (primary N) is 2. The van der Waals surface area contributed by atoms with Crippen LogP contribution in [0.1, 0.15) is 11.4 Å². The molecular weight excluding hydrogens is 426 g/mol. The summed E-state index contributed by atoms with van der Waals surface area (Å²) in [5.41, 5.74) is 18.4. The molecule has 4 aromatic rings. The first-order valence-electron chi connectivity index (χ1n) is 9.27. The molecule has 0 bridgehead atoms. The number of halogens is 1. The van der Waals surface area contributed by atoms with Crippen LogP contribution < -0.4 is 11.5 Å². The molecule has 0 atom stereocenters. The van der Waals surface area contributed by atoms with E-state index in [4.69, 9.17) is 16.5 Å². The summed E-state index contributed by atoms with van der Waals surface area (Å²) >= 11 is 3.50. The number of aromatic nitrogens is 3. The Balaban J connectivity index is 1.90. The number of rotatable bonds is 5. The Morgan fingerprint density at radius 1 is 0.586 bits per heavy atom. The maximum absolute atomic E-state index is 5.78. The smallest absolute Gasteiger partial charge is 0.0900 e. The molecule has 0 aliphatic heterocycles. The molecule has 0 aliphatic carbocycles. The highest BCUT2D eigenvalue weighted by atomic mass is 79.9. The van der Waals surface area contributed by atoms with Gasteiger partial charge in [0.05, 0.1) is 34.2 Å². The van der Waals surface area contributed by atoms with Crippen molar-refractivity contribution >= 4 is 15.9 Å². The van der Waals surface area contributed by atoms with Gasteiger partial charge in [0.25, 0.3) is 0 Å². The van der Waals surface area contributed by atoms with Gasteiger partial charge in [0.1, 0.15) is 0 Å². The van der Waals surface area contributed by atoms with Crippen LogP contribution in [0.5, 0.6) is 0 Å². The Labute approximate surface area is 178 Å². The number of hydrogen-bond acceptors (Lipinski definition) is 5. The van der Waals surface area contributed by atoms with Crippen molar-refractivity contribution in [3.8, 4) is 33.9 Å². The minimum Gasteiger partial charge on any atom is -0.325 e. The van der Waals surface area contributed by atoms with Gasteiger partial charge in [-0.1, -0.05) is 40.2 Å². The van der Waals surface area contributed by atoms with E-state index in [1.165, 1.54) is 0 Å². The molecular formula is C23H20BrN5. The fourth-order valence-corrected chi connectivity index (χ4v) is 3.34. The van der Waals surface area contributed by atoms with Gasteiger partial charge in [-0.3, -0.25) is 0 Å². The summed E-state index contributed by atoms with van der Waals surface area (Å²) in [4.78, 5) is 14.1. The van der Waals surface area contributed by atoms with E-state index >= 15 is 0 Å². The average molecular weight is 446 g/mol. The van der Waals surface area contributed by atoms with Gasteiger partial charge in [0, 0.05) is 17.6 Å². The summed E-state index contributed by atoms with van der Waals surface area (Å²) in [6.07, 6.45) is 0. The van der Waals surface area contributed by atoms with E-state index in [0.29, 0.717) is 13.1 Å². The molecule has 3 aromatic heterocycles. The third kappa shape index (κ3) is 4.40. The summed E-state index contributed by atoms with van der Waals surface area (Å²) in [6, 6.07) is 23.9. The lowest BCUT2D eigenvalue weighted by Gasteiger charge is -2.11. The molecule has 0 fully saturated rings. The molecule has 29 heavy (non-hydrogen) atoms. The van der Waals surface area contributed by atoms with Crippen molar-refractivity contribution in [1.29, 1.82) is 0 Å². The maximum atomic E-state index is 5.78. The average Bonchev–Trinajstić information content (AvgIpc) is 2.79. The van der Waals surface area contributed by atoms with Crippen molar-refractivity contribution in [1.82, 2.24) is 15.0 Å². The predicted octanol–water partition coefficient (Wildman–Crippen LogP) is 4.55. The highest BCUT2D eigenvalue weighted by Crippen LogP contribution is 2.30. The minimum atomic E-state index is 0.382. The van der Waals surface area contributed by atoms with E-state index in [9.17, 15) is 0 Å². The van der Waals surface area contributed by atoms with Crippen LogP contribution in [0.4, 0.5) is 0 Å². The maximum Gasteiger partial charge on any atom is 0.0900 e. The molecule has 0 saturated carbocycles. The lowest BCUT2D eigenvalue weighted by molar-refractivity contribution is 0.986. The molecule has 144 valence electrons. The fraction of sp³-hybridized carbons (Fsp3) is 0.0870.